The van der Waals surface area contributed by atoms with Gasteiger partial charge in [-0.1, -0.05) is 12.8 Å². The van der Waals surface area contributed by atoms with Crippen LogP contribution in [0.5, 0.6) is 0 Å². The molecule has 1 fully saturated rings. The lowest BCUT2D eigenvalue weighted by atomic mass is 9.91. The molecule has 0 spiro atoms. The van der Waals surface area contributed by atoms with Crippen LogP contribution in [0, 0.1) is 0 Å². The van der Waals surface area contributed by atoms with Crippen LogP contribution in [0.4, 0.5) is 17.2 Å². The van der Waals surface area contributed by atoms with Gasteiger partial charge in [-0.05, 0) is 43.2 Å². The van der Waals surface area contributed by atoms with E-state index < -0.39 is 0 Å². The van der Waals surface area contributed by atoms with Gasteiger partial charge in [-0.25, -0.2) is 9.97 Å². The molecule has 32 heavy (non-hydrogen) atoms. The first-order chi connectivity index (χ1) is 15.5. The Labute approximate surface area is 188 Å². The maximum atomic E-state index is 12.6. The van der Waals surface area contributed by atoms with Gasteiger partial charge in [-0.15, -0.1) is 0 Å². The van der Waals surface area contributed by atoms with Gasteiger partial charge >= 0.3 is 0 Å². The van der Waals surface area contributed by atoms with E-state index in [1.54, 1.807) is 18.3 Å². The molecule has 0 saturated heterocycles. The lowest BCUT2D eigenvalue weighted by Gasteiger charge is -2.29. The molecule has 0 aliphatic heterocycles. The average molecular weight is 432 g/mol. The number of anilines is 3. The molecule has 1 amide bonds. The number of carbonyl (C=O) groups is 1. The molecule has 4 rings (SSSR count). The van der Waals surface area contributed by atoms with E-state index in [4.69, 9.17) is 5.73 Å². The Morgan fingerprint density at radius 3 is 2.59 bits per heavy atom. The van der Waals surface area contributed by atoms with Gasteiger partial charge in [0.2, 0.25) is 0 Å². The Bertz CT molecular complexity index is 1070. The molecule has 0 bridgehead atoms. The number of benzene rings is 1. The second-order valence-corrected chi connectivity index (χ2v) is 8.35. The molecular formula is C24H29N7O. The fourth-order valence-electron chi connectivity index (χ4n) is 3.84. The van der Waals surface area contributed by atoms with Crippen LogP contribution in [-0.4, -0.2) is 47.0 Å². The largest absolute Gasteiger partial charge is 0.376 e. The maximum Gasteiger partial charge on any atom is 0.251 e. The monoisotopic (exact) mass is 431 g/mol. The third kappa shape index (κ3) is 5.20. The van der Waals surface area contributed by atoms with E-state index in [9.17, 15) is 4.79 Å². The van der Waals surface area contributed by atoms with Crippen LogP contribution >= 0.6 is 0 Å². The summed E-state index contributed by atoms with van der Waals surface area (Å²) < 4.78 is 0. The highest BCUT2D eigenvalue weighted by Gasteiger charge is 2.23. The van der Waals surface area contributed by atoms with E-state index in [1.165, 1.54) is 6.33 Å². The molecule has 4 N–H and O–H groups in total. The van der Waals surface area contributed by atoms with Gasteiger partial charge in [0.15, 0.2) is 0 Å². The normalized spacial score (nSPS) is 18.1. The second-order valence-electron chi connectivity index (χ2n) is 8.35. The molecule has 8 heteroatoms. The molecule has 0 unspecified atom stereocenters. The molecule has 2 heterocycles. The molecule has 1 aromatic carbocycles. The molecule has 1 saturated carbocycles. The lowest BCUT2D eigenvalue weighted by Crippen LogP contribution is -2.49. The van der Waals surface area contributed by atoms with Crippen LogP contribution in [0.15, 0.2) is 55.1 Å². The van der Waals surface area contributed by atoms with Crippen molar-refractivity contribution in [3.05, 3.63) is 60.7 Å². The second kappa shape index (κ2) is 9.74. The maximum absolute atomic E-state index is 12.6. The van der Waals surface area contributed by atoms with Crippen molar-refractivity contribution in [2.45, 2.75) is 37.8 Å². The smallest absolute Gasteiger partial charge is 0.251 e. The summed E-state index contributed by atoms with van der Waals surface area (Å²) in [4.78, 5) is 27.6. The highest BCUT2D eigenvalue weighted by molar-refractivity contribution is 5.94. The van der Waals surface area contributed by atoms with Gasteiger partial charge in [0.1, 0.15) is 12.1 Å². The summed E-state index contributed by atoms with van der Waals surface area (Å²) in [6.45, 7) is 0. The fourth-order valence-corrected chi connectivity index (χ4v) is 3.84. The third-order valence-electron chi connectivity index (χ3n) is 5.76. The first kappa shape index (κ1) is 21.7. The van der Waals surface area contributed by atoms with Crippen molar-refractivity contribution < 1.29 is 4.79 Å². The number of rotatable bonds is 6. The summed E-state index contributed by atoms with van der Waals surface area (Å²) >= 11 is 0. The number of hydrogen-bond donors (Lipinski definition) is 3. The quantitative estimate of drug-likeness (QED) is 0.549. The minimum absolute atomic E-state index is 0.0363. The van der Waals surface area contributed by atoms with E-state index in [-0.39, 0.29) is 18.0 Å². The summed E-state index contributed by atoms with van der Waals surface area (Å²) in [6, 6.07) is 11.3. The number of pyridine rings is 1. The van der Waals surface area contributed by atoms with Crippen LogP contribution in [0.1, 0.15) is 36.0 Å². The summed E-state index contributed by atoms with van der Waals surface area (Å²) in [5.41, 5.74) is 10.3. The van der Waals surface area contributed by atoms with Gasteiger partial charge in [0.25, 0.3) is 5.91 Å². The SMILES string of the molecule is CN(C)c1cncc(-c2cc(Nc3ccc(C(=O)N[C@@H]4CCCC[C@H]4N)cc3)ncn2)c1. The summed E-state index contributed by atoms with van der Waals surface area (Å²) in [5.74, 6) is 0.576. The van der Waals surface area contributed by atoms with Crippen molar-refractivity contribution in [2.75, 3.05) is 24.3 Å². The molecule has 2 atom stereocenters. The van der Waals surface area contributed by atoms with Gasteiger partial charge in [-0.2, -0.15) is 0 Å². The summed E-state index contributed by atoms with van der Waals surface area (Å²) in [7, 11) is 3.95. The molecule has 0 radical (unpaired) electrons. The molecule has 2 aromatic heterocycles. The lowest BCUT2D eigenvalue weighted by molar-refractivity contribution is 0.0921. The molecule has 3 aromatic rings. The third-order valence-corrected chi connectivity index (χ3v) is 5.76. The van der Waals surface area contributed by atoms with Crippen LogP contribution in [0.25, 0.3) is 11.3 Å². The van der Waals surface area contributed by atoms with E-state index in [0.29, 0.717) is 11.4 Å². The van der Waals surface area contributed by atoms with Crippen LogP contribution in [0.3, 0.4) is 0 Å². The molecule has 1 aliphatic rings. The summed E-state index contributed by atoms with van der Waals surface area (Å²) in [6.07, 6.45) is 9.26. The van der Waals surface area contributed by atoms with Crippen molar-refractivity contribution in [3.8, 4) is 11.3 Å². The van der Waals surface area contributed by atoms with Crippen LogP contribution < -0.4 is 21.3 Å². The molecule has 8 nitrogen and oxygen atoms in total. The average Bonchev–Trinajstić information content (AvgIpc) is 2.81. The predicted octanol–water partition coefficient (Wildman–Crippen LogP) is 3.35. The molecule has 1 aliphatic carbocycles. The number of nitrogens with one attached hydrogen (secondary N) is 2. The predicted molar refractivity (Wildman–Crippen MR) is 127 cm³/mol. The Morgan fingerprint density at radius 1 is 1.06 bits per heavy atom. The minimum Gasteiger partial charge on any atom is -0.376 e. The Balaban J connectivity index is 1.43. The van der Waals surface area contributed by atoms with Crippen molar-refractivity contribution in [2.24, 2.45) is 5.73 Å². The summed E-state index contributed by atoms with van der Waals surface area (Å²) in [5, 5.41) is 6.35. The zero-order valence-electron chi connectivity index (χ0n) is 18.5. The standard InChI is InChI=1S/C24H29N7O/c1-31(2)19-11-17(13-26-14-19)22-12-23(28-15-27-22)29-18-9-7-16(8-10-18)24(32)30-21-6-4-3-5-20(21)25/h7-15,20-21H,3-6,25H2,1-2H3,(H,30,32)(H,27,28,29)/t20-,21-/m1/s1. The Morgan fingerprint density at radius 2 is 1.84 bits per heavy atom. The van der Waals surface area contributed by atoms with Crippen molar-refractivity contribution in [1.29, 1.82) is 0 Å². The Kier molecular flexibility index (Phi) is 6.61. The van der Waals surface area contributed by atoms with Crippen LogP contribution in [0.2, 0.25) is 0 Å². The first-order valence-corrected chi connectivity index (χ1v) is 10.9. The van der Waals surface area contributed by atoms with Crippen molar-refractivity contribution in [3.63, 3.8) is 0 Å². The molecular weight excluding hydrogens is 402 g/mol. The van der Waals surface area contributed by atoms with E-state index in [2.05, 4.69) is 25.6 Å². The number of nitrogens with zero attached hydrogens (tertiary/aromatic N) is 4. The minimum atomic E-state index is -0.0866. The fraction of sp³-hybridized carbons (Fsp3) is 0.333. The highest BCUT2D eigenvalue weighted by Crippen LogP contribution is 2.24. The number of aromatic nitrogens is 3. The number of carbonyl (C=O) groups excluding carboxylic acids is 1. The first-order valence-electron chi connectivity index (χ1n) is 10.9. The zero-order chi connectivity index (χ0) is 22.5. The van der Waals surface area contributed by atoms with Crippen molar-refractivity contribution in [1.82, 2.24) is 20.3 Å². The highest BCUT2D eigenvalue weighted by atomic mass is 16.1. The van der Waals surface area contributed by atoms with Gasteiger partial charge in [0.05, 0.1) is 17.6 Å². The number of hydrogen-bond acceptors (Lipinski definition) is 7. The molecule has 166 valence electrons. The van der Waals surface area contributed by atoms with Crippen LogP contribution in [-0.2, 0) is 0 Å². The number of amides is 1. The van der Waals surface area contributed by atoms with Crippen molar-refractivity contribution >= 4 is 23.1 Å². The van der Waals surface area contributed by atoms with E-state index in [0.717, 1.165) is 48.3 Å². The van der Waals surface area contributed by atoms with Gasteiger partial charge in [0, 0.05) is 55.3 Å². The number of nitrogens with two attached hydrogens (primary N) is 1. The Hall–Kier alpha value is -3.52. The van der Waals surface area contributed by atoms with Gasteiger partial charge < -0.3 is 21.3 Å². The van der Waals surface area contributed by atoms with E-state index >= 15 is 0 Å². The topological polar surface area (TPSA) is 109 Å². The van der Waals surface area contributed by atoms with Gasteiger partial charge in [-0.3, -0.25) is 9.78 Å². The zero-order valence-corrected chi connectivity index (χ0v) is 18.5. The van der Waals surface area contributed by atoms with E-state index in [1.807, 2.05) is 49.5 Å².